The van der Waals surface area contributed by atoms with Crippen molar-refractivity contribution in [1.82, 2.24) is 4.98 Å². The van der Waals surface area contributed by atoms with Crippen LogP contribution in [0.4, 0.5) is 0 Å². The summed E-state index contributed by atoms with van der Waals surface area (Å²) in [5.74, 6) is -1.79. The van der Waals surface area contributed by atoms with Gasteiger partial charge >= 0.3 is 0 Å². The molecule has 98 valence electrons. The molecular weight excluding hydrogens is 242 g/mol. The van der Waals surface area contributed by atoms with Crippen LogP contribution >= 0.6 is 0 Å². The van der Waals surface area contributed by atoms with Crippen LogP contribution in [-0.4, -0.2) is 25.0 Å². The Hall–Kier alpha value is -2.04. The lowest BCUT2D eigenvalue weighted by atomic mass is 9.98. The number of benzene rings is 1. The molecule has 4 heteroatoms. The van der Waals surface area contributed by atoms with Gasteiger partial charge in [-0.1, -0.05) is 36.4 Å². The minimum absolute atomic E-state index is 0.301. The first-order chi connectivity index (χ1) is 9.24. The Labute approximate surface area is 112 Å². The van der Waals surface area contributed by atoms with Gasteiger partial charge in [-0.15, -0.1) is 0 Å². The molecule has 0 aliphatic carbocycles. The highest BCUT2D eigenvalue weighted by Gasteiger charge is 2.42. The third-order valence-corrected chi connectivity index (χ3v) is 2.93. The van der Waals surface area contributed by atoms with E-state index in [2.05, 4.69) is 4.98 Å². The monoisotopic (exact) mass is 257 g/mol. The van der Waals surface area contributed by atoms with E-state index in [0.717, 1.165) is 0 Å². The molecular formula is C15H15NO3. The van der Waals surface area contributed by atoms with Crippen LogP contribution in [0, 0.1) is 0 Å². The summed E-state index contributed by atoms with van der Waals surface area (Å²) in [6.45, 7) is 0. The van der Waals surface area contributed by atoms with Crippen LogP contribution in [0.5, 0.6) is 0 Å². The molecule has 0 atom stereocenters. The van der Waals surface area contributed by atoms with E-state index in [9.17, 15) is 4.79 Å². The standard InChI is InChI=1S/C15H15NO3/c1-18-15(19-2,12-8-4-3-5-9-12)14(17)13-10-6-7-11-16-13/h3-11H,1-2H3. The van der Waals surface area contributed by atoms with Gasteiger partial charge in [0.2, 0.25) is 5.78 Å². The number of hydrogen-bond donors (Lipinski definition) is 0. The van der Waals surface area contributed by atoms with Gasteiger partial charge < -0.3 is 9.47 Å². The van der Waals surface area contributed by atoms with E-state index in [1.165, 1.54) is 14.2 Å². The van der Waals surface area contributed by atoms with Gasteiger partial charge in [-0.05, 0) is 12.1 Å². The minimum Gasteiger partial charge on any atom is -0.343 e. The molecule has 1 aromatic carbocycles. The Balaban J connectivity index is 2.49. The van der Waals surface area contributed by atoms with Gasteiger partial charge in [-0.2, -0.15) is 0 Å². The van der Waals surface area contributed by atoms with Crippen molar-refractivity contribution < 1.29 is 14.3 Å². The summed E-state index contributed by atoms with van der Waals surface area (Å²) in [7, 11) is 2.88. The maximum Gasteiger partial charge on any atom is 0.262 e. The quantitative estimate of drug-likeness (QED) is 0.609. The van der Waals surface area contributed by atoms with E-state index in [4.69, 9.17) is 9.47 Å². The van der Waals surface area contributed by atoms with Crippen molar-refractivity contribution >= 4 is 5.78 Å². The van der Waals surface area contributed by atoms with E-state index in [1.807, 2.05) is 18.2 Å². The minimum atomic E-state index is -1.46. The maximum absolute atomic E-state index is 12.6. The molecule has 2 rings (SSSR count). The number of nitrogens with zero attached hydrogens (tertiary/aromatic N) is 1. The summed E-state index contributed by atoms with van der Waals surface area (Å²) < 4.78 is 10.8. The number of carbonyl (C=O) groups excluding carboxylic acids is 1. The fraction of sp³-hybridized carbons (Fsp3) is 0.200. The smallest absolute Gasteiger partial charge is 0.262 e. The van der Waals surface area contributed by atoms with Crippen LogP contribution in [-0.2, 0) is 15.3 Å². The first kappa shape index (κ1) is 13.4. The highest BCUT2D eigenvalue weighted by atomic mass is 16.7. The SMILES string of the molecule is COC(OC)(C(=O)c1ccccn1)c1ccccc1. The molecule has 0 saturated heterocycles. The van der Waals surface area contributed by atoms with Crippen molar-refractivity contribution in [2.75, 3.05) is 14.2 Å². The number of carbonyl (C=O) groups is 1. The Morgan fingerprint density at radius 1 is 1.00 bits per heavy atom. The predicted octanol–water partition coefficient (Wildman–Crippen LogP) is 2.41. The fourth-order valence-corrected chi connectivity index (χ4v) is 1.96. The first-order valence-corrected chi connectivity index (χ1v) is 5.86. The number of pyridine rings is 1. The highest BCUT2D eigenvalue weighted by Crippen LogP contribution is 2.29. The molecule has 0 amide bonds. The van der Waals surface area contributed by atoms with Gasteiger partial charge in [0.05, 0.1) is 0 Å². The number of aromatic nitrogens is 1. The zero-order valence-electron chi connectivity index (χ0n) is 10.9. The van der Waals surface area contributed by atoms with Crippen LogP contribution in [0.25, 0.3) is 0 Å². The molecule has 4 nitrogen and oxygen atoms in total. The molecule has 1 aromatic heterocycles. The molecule has 2 aromatic rings. The second-order valence-electron chi connectivity index (χ2n) is 3.93. The van der Waals surface area contributed by atoms with E-state index in [-0.39, 0.29) is 5.78 Å². The molecule has 0 bridgehead atoms. The van der Waals surface area contributed by atoms with Crippen LogP contribution in [0.3, 0.4) is 0 Å². The Morgan fingerprint density at radius 3 is 2.16 bits per heavy atom. The average Bonchev–Trinajstić information content (AvgIpc) is 2.51. The maximum atomic E-state index is 12.6. The molecule has 0 aliphatic rings. The van der Waals surface area contributed by atoms with E-state index in [0.29, 0.717) is 11.3 Å². The fourth-order valence-electron chi connectivity index (χ4n) is 1.96. The van der Waals surface area contributed by atoms with Crippen LogP contribution in [0.1, 0.15) is 16.1 Å². The highest BCUT2D eigenvalue weighted by molar-refractivity contribution is 6.00. The molecule has 0 N–H and O–H groups in total. The second kappa shape index (κ2) is 5.73. The van der Waals surface area contributed by atoms with Crippen molar-refractivity contribution in [2.24, 2.45) is 0 Å². The number of rotatable bonds is 5. The van der Waals surface area contributed by atoms with Gasteiger partial charge in [0, 0.05) is 26.0 Å². The average molecular weight is 257 g/mol. The van der Waals surface area contributed by atoms with Crippen molar-refractivity contribution in [3.8, 4) is 0 Å². The number of hydrogen-bond acceptors (Lipinski definition) is 4. The Bertz CT molecular complexity index is 536. The Morgan fingerprint density at radius 2 is 1.63 bits per heavy atom. The normalized spacial score (nSPS) is 11.3. The first-order valence-electron chi connectivity index (χ1n) is 5.86. The van der Waals surface area contributed by atoms with Crippen molar-refractivity contribution in [3.05, 3.63) is 66.0 Å². The van der Waals surface area contributed by atoms with Crippen LogP contribution < -0.4 is 0 Å². The number of Topliss-reactive ketones (excluding diaryl/α,β-unsaturated/α-hetero) is 1. The van der Waals surface area contributed by atoms with E-state index >= 15 is 0 Å². The summed E-state index contributed by atoms with van der Waals surface area (Å²) in [5.41, 5.74) is 0.936. The van der Waals surface area contributed by atoms with Crippen molar-refractivity contribution in [2.45, 2.75) is 5.79 Å². The molecule has 0 aliphatic heterocycles. The summed E-state index contributed by atoms with van der Waals surface area (Å²) in [6.07, 6.45) is 1.56. The zero-order chi connectivity index (χ0) is 13.7. The number of ketones is 1. The third kappa shape index (κ3) is 2.41. The van der Waals surface area contributed by atoms with E-state index < -0.39 is 5.79 Å². The van der Waals surface area contributed by atoms with Gasteiger partial charge in [-0.3, -0.25) is 9.78 Å². The largest absolute Gasteiger partial charge is 0.343 e. The molecule has 0 fully saturated rings. The number of ether oxygens (including phenoxy) is 2. The predicted molar refractivity (Wildman–Crippen MR) is 70.7 cm³/mol. The van der Waals surface area contributed by atoms with Crippen LogP contribution in [0.2, 0.25) is 0 Å². The zero-order valence-corrected chi connectivity index (χ0v) is 10.9. The molecule has 0 radical (unpaired) electrons. The van der Waals surface area contributed by atoms with Crippen molar-refractivity contribution in [1.29, 1.82) is 0 Å². The third-order valence-electron chi connectivity index (χ3n) is 2.93. The van der Waals surface area contributed by atoms with Crippen LogP contribution in [0.15, 0.2) is 54.7 Å². The lowest BCUT2D eigenvalue weighted by Gasteiger charge is -2.29. The molecule has 0 spiro atoms. The second-order valence-corrected chi connectivity index (χ2v) is 3.93. The molecule has 0 saturated carbocycles. The molecule has 19 heavy (non-hydrogen) atoms. The summed E-state index contributed by atoms with van der Waals surface area (Å²) in [4.78, 5) is 16.7. The van der Waals surface area contributed by atoms with Gasteiger partial charge in [-0.25, -0.2) is 0 Å². The van der Waals surface area contributed by atoms with Gasteiger partial charge in [0.15, 0.2) is 0 Å². The summed E-state index contributed by atoms with van der Waals surface area (Å²) in [5, 5.41) is 0. The van der Waals surface area contributed by atoms with Gasteiger partial charge in [0.25, 0.3) is 5.79 Å². The summed E-state index contributed by atoms with van der Waals surface area (Å²) >= 11 is 0. The van der Waals surface area contributed by atoms with E-state index in [1.54, 1.807) is 36.5 Å². The summed E-state index contributed by atoms with van der Waals surface area (Å²) in [6, 6.07) is 14.2. The topological polar surface area (TPSA) is 48.4 Å². The lowest BCUT2D eigenvalue weighted by Crippen LogP contribution is -2.40. The lowest BCUT2D eigenvalue weighted by molar-refractivity contribution is -0.176. The Kier molecular flexibility index (Phi) is 4.04. The number of methoxy groups -OCH3 is 2. The molecule has 1 heterocycles. The van der Waals surface area contributed by atoms with Crippen molar-refractivity contribution in [3.63, 3.8) is 0 Å². The molecule has 0 unspecified atom stereocenters. The van der Waals surface area contributed by atoms with Gasteiger partial charge in [0.1, 0.15) is 5.69 Å².